The van der Waals surface area contributed by atoms with Crippen molar-refractivity contribution in [2.45, 2.75) is 39.3 Å². The van der Waals surface area contributed by atoms with Gasteiger partial charge in [-0.05, 0) is 51.1 Å². The van der Waals surface area contributed by atoms with Crippen molar-refractivity contribution in [3.8, 4) is 0 Å². The van der Waals surface area contributed by atoms with Crippen LogP contribution < -0.4 is 10.6 Å². The van der Waals surface area contributed by atoms with Crippen molar-refractivity contribution < 1.29 is 18.3 Å². The Labute approximate surface area is 142 Å². The number of alkyl halides is 3. The molecular formula is C16H31F3N4O. The molecule has 1 aliphatic rings. The van der Waals surface area contributed by atoms with Gasteiger partial charge in [-0.25, -0.2) is 0 Å². The van der Waals surface area contributed by atoms with Crippen molar-refractivity contribution >= 4 is 5.96 Å². The fourth-order valence-corrected chi connectivity index (χ4v) is 2.73. The van der Waals surface area contributed by atoms with Gasteiger partial charge in [-0.15, -0.1) is 0 Å². The molecule has 1 rings (SSSR count). The quantitative estimate of drug-likeness (QED) is 0.461. The van der Waals surface area contributed by atoms with Crippen LogP contribution in [0.2, 0.25) is 0 Å². The van der Waals surface area contributed by atoms with Crippen LogP contribution in [0.5, 0.6) is 0 Å². The predicted molar refractivity (Wildman–Crippen MR) is 90.1 cm³/mol. The fourth-order valence-electron chi connectivity index (χ4n) is 2.73. The highest BCUT2D eigenvalue weighted by Gasteiger charge is 2.32. The maximum absolute atomic E-state index is 12.4. The monoisotopic (exact) mass is 352 g/mol. The molecule has 0 aromatic rings. The number of guanidine groups is 1. The van der Waals surface area contributed by atoms with Crippen molar-refractivity contribution in [3.63, 3.8) is 0 Å². The zero-order chi connectivity index (χ0) is 18.0. The Morgan fingerprint density at radius 1 is 1.29 bits per heavy atom. The van der Waals surface area contributed by atoms with Gasteiger partial charge in [0.25, 0.3) is 0 Å². The molecule has 0 bridgehead atoms. The van der Waals surface area contributed by atoms with Gasteiger partial charge in [0.2, 0.25) is 0 Å². The highest BCUT2D eigenvalue weighted by Crippen LogP contribution is 2.23. The van der Waals surface area contributed by atoms with Crippen LogP contribution in [0.25, 0.3) is 0 Å². The number of hydrogen-bond donors (Lipinski definition) is 3. The molecule has 1 saturated heterocycles. The molecule has 8 heteroatoms. The first-order valence-corrected chi connectivity index (χ1v) is 8.76. The lowest BCUT2D eigenvalue weighted by atomic mass is 9.93. The summed E-state index contributed by atoms with van der Waals surface area (Å²) in [7, 11) is 0. The molecule has 0 aromatic carbocycles. The molecule has 142 valence electrons. The minimum atomic E-state index is -4.10. The number of nitrogens with zero attached hydrogens (tertiary/aromatic N) is 2. The summed E-state index contributed by atoms with van der Waals surface area (Å²) in [5.41, 5.74) is 0. The maximum Gasteiger partial charge on any atom is 0.401 e. The van der Waals surface area contributed by atoms with E-state index < -0.39 is 12.7 Å². The molecule has 1 aliphatic heterocycles. The molecule has 0 aliphatic carbocycles. The van der Waals surface area contributed by atoms with E-state index in [4.69, 9.17) is 5.11 Å². The molecule has 0 spiro atoms. The first-order valence-electron chi connectivity index (χ1n) is 8.76. The molecule has 3 N–H and O–H groups in total. The number of likely N-dealkylation sites (tertiary alicyclic amines) is 1. The van der Waals surface area contributed by atoms with E-state index in [1.165, 1.54) is 4.90 Å². The van der Waals surface area contributed by atoms with E-state index in [1.54, 1.807) is 0 Å². The van der Waals surface area contributed by atoms with Crippen molar-refractivity contribution in [2.75, 3.05) is 45.9 Å². The Bertz CT molecular complexity index is 369. The van der Waals surface area contributed by atoms with Crippen LogP contribution in [0.15, 0.2) is 4.99 Å². The standard InChI is InChI=1S/C16H31F3N4O/c1-3-20-15(22-10-13(2)11-24)21-7-4-14-5-8-23(9-6-14)12-16(17,18)19/h13-14,24H,3-12H2,1-2H3,(H2,20,21,22). The molecule has 0 radical (unpaired) electrons. The SMILES string of the molecule is CCNC(=NCC(C)CO)NCCC1CCN(CC(F)(F)F)CC1. The number of aliphatic hydroxyl groups is 1. The van der Waals surface area contributed by atoms with E-state index in [0.717, 1.165) is 38.3 Å². The van der Waals surface area contributed by atoms with Gasteiger partial charge >= 0.3 is 6.18 Å². The van der Waals surface area contributed by atoms with Crippen LogP contribution in [-0.2, 0) is 0 Å². The van der Waals surface area contributed by atoms with Gasteiger partial charge in [-0.1, -0.05) is 6.92 Å². The average Bonchev–Trinajstić information content (AvgIpc) is 2.52. The maximum atomic E-state index is 12.4. The number of aliphatic hydroxyl groups excluding tert-OH is 1. The van der Waals surface area contributed by atoms with Crippen LogP contribution in [0.4, 0.5) is 13.2 Å². The Morgan fingerprint density at radius 2 is 1.96 bits per heavy atom. The number of halogens is 3. The van der Waals surface area contributed by atoms with Gasteiger partial charge in [0.1, 0.15) is 0 Å². The van der Waals surface area contributed by atoms with Crippen LogP contribution in [-0.4, -0.2) is 68.0 Å². The van der Waals surface area contributed by atoms with E-state index in [2.05, 4.69) is 15.6 Å². The topological polar surface area (TPSA) is 59.9 Å². The van der Waals surface area contributed by atoms with Crippen molar-refractivity contribution in [1.82, 2.24) is 15.5 Å². The normalized spacial score (nSPS) is 19.3. The van der Waals surface area contributed by atoms with Crippen molar-refractivity contribution in [1.29, 1.82) is 0 Å². The summed E-state index contributed by atoms with van der Waals surface area (Å²) in [6.07, 6.45) is -1.54. The lowest BCUT2D eigenvalue weighted by Gasteiger charge is -2.32. The smallest absolute Gasteiger partial charge is 0.396 e. The molecule has 1 heterocycles. The summed E-state index contributed by atoms with van der Waals surface area (Å²) in [6.45, 7) is 6.35. The molecule has 1 fully saturated rings. The molecule has 5 nitrogen and oxygen atoms in total. The highest BCUT2D eigenvalue weighted by molar-refractivity contribution is 5.79. The van der Waals surface area contributed by atoms with Gasteiger partial charge in [0, 0.05) is 26.2 Å². The third-order valence-corrected chi connectivity index (χ3v) is 4.17. The zero-order valence-corrected chi connectivity index (χ0v) is 14.7. The second-order valence-corrected chi connectivity index (χ2v) is 6.56. The summed E-state index contributed by atoms with van der Waals surface area (Å²) in [4.78, 5) is 5.91. The summed E-state index contributed by atoms with van der Waals surface area (Å²) in [5.74, 6) is 1.31. The van der Waals surface area contributed by atoms with Crippen molar-refractivity contribution in [3.05, 3.63) is 0 Å². The van der Waals surface area contributed by atoms with Crippen LogP contribution >= 0.6 is 0 Å². The summed E-state index contributed by atoms with van der Waals surface area (Å²) >= 11 is 0. The average molecular weight is 352 g/mol. The van der Waals surface area contributed by atoms with E-state index in [9.17, 15) is 13.2 Å². The number of hydrogen-bond acceptors (Lipinski definition) is 3. The largest absolute Gasteiger partial charge is 0.401 e. The van der Waals surface area contributed by atoms with Crippen molar-refractivity contribution in [2.24, 2.45) is 16.8 Å². The molecule has 0 aromatic heterocycles. The lowest BCUT2D eigenvalue weighted by Crippen LogP contribution is -2.41. The Kier molecular flexibility index (Phi) is 9.43. The molecule has 1 unspecified atom stereocenters. The highest BCUT2D eigenvalue weighted by atomic mass is 19.4. The van der Waals surface area contributed by atoms with Gasteiger partial charge in [0.15, 0.2) is 5.96 Å². The zero-order valence-electron chi connectivity index (χ0n) is 14.7. The Balaban J connectivity index is 2.26. The van der Waals surface area contributed by atoms with Gasteiger partial charge in [-0.2, -0.15) is 13.2 Å². The third kappa shape index (κ3) is 9.32. The van der Waals surface area contributed by atoms with E-state index in [-0.39, 0.29) is 12.5 Å². The van der Waals surface area contributed by atoms with Crippen LogP contribution in [0.1, 0.15) is 33.1 Å². The van der Waals surface area contributed by atoms with E-state index in [0.29, 0.717) is 25.6 Å². The summed E-state index contributed by atoms with van der Waals surface area (Å²) < 4.78 is 37.1. The van der Waals surface area contributed by atoms with Gasteiger partial charge < -0.3 is 15.7 Å². The first-order chi connectivity index (χ1) is 11.3. The Hall–Kier alpha value is -1.02. The van der Waals surface area contributed by atoms with Crippen LogP contribution in [0, 0.1) is 11.8 Å². The lowest BCUT2D eigenvalue weighted by molar-refractivity contribution is -0.148. The molecular weight excluding hydrogens is 321 g/mol. The number of rotatable bonds is 8. The summed E-state index contributed by atoms with van der Waals surface area (Å²) in [6, 6.07) is 0. The van der Waals surface area contributed by atoms with Gasteiger partial charge in [0.05, 0.1) is 6.54 Å². The summed E-state index contributed by atoms with van der Waals surface area (Å²) in [5, 5.41) is 15.4. The minimum absolute atomic E-state index is 0.111. The Morgan fingerprint density at radius 3 is 2.50 bits per heavy atom. The molecule has 24 heavy (non-hydrogen) atoms. The van der Waals surface area contributed by atoms with Crippen LogP contribution in [0.3, 0.4) is 0 Å². The number of aliphatic imine (C=N–C) groups is 1. The second kappa shape index (κ2) is 10.8. The van der Waals surface area contributed by atoms with E-state index in [1.807, 2.05) is 13.8 Å². The second-order valence-electron chi connectivity index (χ2n) is 6.56. The first kappa shape index (κ1) is 21.0. The molecule has 0 amide bonds. The fraction of sp³-hybridized carbons (Fsp3) is 0.938. The third-order valence-electron chi connectivity index (χ3n) is 4.17. The molecule has 1 atom stereocenters. The molecule has 0 saturated carbocycles. The minimum Gasteiger partial charge on any atom is -0.396 e. The predicted octanol–water partition coefficient (Wildman–Crippen LogP) is 1.83. The number of nitrogens with one attached hydrogen (secondary N) is 2. The van der Waals surface area contributed by atoms with Gasteiger partial charge in [-0.3, -0.25) is 9.89 Å². The number of piperidine rings is 1. The van der Waals surface area contributed by atoms with E-state index >= 15 is 0 Å².